The first-order valence-electron chi connectivity index (χ1n) is 9.38. The zero-order valence-corrected chi connectivity index (χ0v) is 16.5. The topological polar surface area (TPSA) is 117 Å². The third-order valence-corrected chi connectivity index (χ3v) is 7.01. The van der Waals surface area contributed by atoms with Crippen LogP contribution in [0.2, 0.25) is 0 Å². The summed E-state index contributed by atoms with van der Waals surface area (Å²) in [6.07, 6.45) is 6.08. The molecule has 4 heterocycles. The maximum atomic E-state index is 12.6. The second-order valence-corrected chi connectivity index (χ2v) is 9.20. The van der Waals surface area contributed by atoms with E-state index in [2.05, 4.69) is 19.7 Å². The van der Waals surface area contributed by atoms with Crippen molar-refractivity contribution in [2.24, 2.45) is 5.92 Å². The van der Waals surface area contributed by atoms with Crippen molar-refractivity contribution in [2.45, 2.75) is 30.7 Å². The second-order valence-electron chi connectivity index (χ2n) is 7.49. The number of rotatable bonds is 4. The summed E-state index contributed by atoms with van der Waals surface area (Å²) in [7, 11) is -4.65. The highest BCUT2D eigenvalue weighted by Gasteiger charge is 2.39. The molecule has 3 aromatic rings. The molecule has 5 rings (SSSR count). The van der Waals surface area contributed by atoms with E-state index in [0.29, 0.717) is 18.6 Å². The Morgan fingerprint density at radius 2 is 2.07 bits per heavy atom. The van der Waals surface area contributed by atoms with E-state index in [-0.39, 0.29) is 16.9 Å². The first kappa shape index (κ1) is 18.4. The summed E-state index contributed by atoms with van der Waals surface area (Å²) < 4.78 is 33.4. The van der Waals surface area contributed by atoms with Crippen LogP contribution in [-0.2, 0) is 10.0 Å². The lowest BCUT2D eigenvalue weighted by Crippen LogP contribution is -2.45. The van der Waals surface area contributed by atoms with Gasteiger partial charge in [-0.05, 0) is 55.4 Å². The Balaban J connectivity index is 1.36. The lowest BCUT2D eigenvalue weighted by Gasteiger charge is -2.39. The monoisotopic (exact) mass is 410 g/mol. The number of allylic oxidation sites excluding steroid dienone is 1. The van der Waals surface area contributed by atoms with E-state index < -0.39 is 17.1 Å². The molecule has 8 nitrogen and oxygen atoms in total. The van der Waals surface area contributed by atoms with Crippen LogP contribution in [0.3, 0.4) is 0 Å². The molecule has 0 amide bonds. The number of aromatic nitrogens is 3. The van der Waals surface area contributed by atoms with Crippen molar-refractivity contribution in [1.82, 2.24) is 19.7 Å². The van der Waals surface area contributed by atoms with Crippen LogP contribution in [0.1, 0.15) is 24.1 Å². The van der Waals surface area contributed by atoms with Gasteiger partial charge in [-0.3, -0.25) is 4.98 Å². The van der Waals surface area contributed by atoms with E-state index in [1.165, 1.54) is 6.20 Å². The Bertz CT molecular complexity index is 1220. The largest absolute Gasteiger partial charge is 0.552 e. The maximum Gasteiger partial charge on any atom is 0.552 e. The smallest absolute Gasteiger partial charge is 0.531 e. The Labute approximate surface area is 168 Å². The molecular formula is C19H19BN4O4S. The highest BCUT2D eigenvalue weighted by atomic mass is 32.2. The van der Waals surface area contributed by atoms with Gasteiger partial charge in [0.15, 0.2) is 0 Å². The van der Waals surface area contributed by atoms with Crippen molar-refractivity contribution in [2.75, 3.05) is 0 Å². The number of aryl methyl sites for hydroxylation is 1. The summed E-state index contributed by atoms with van der Waals surface area (Å²) >= 11 is 0. The predicted molar refractivity (Wildman–Crippen MR) is 108 cm³/mol. The highest BCUT2D eigenvalue weighted by Crippen LogP contribution is 2.46. The molecule has 10 heteroatoms. The van der Waals surface area contributed by atoms with Crippen LogP contribution in [0.4, 0.5) is 0 Å². The van der Waals surface area contributed by atoms with E-state index in [9.17, 15) is 13.4 Å². The van der Waals surface area contributed by atoms with Crippen LogP contribution in [0.25, 0.3) is 16.6 Å². The molecule has 1 aliphatic carbocycles. The summed E-state index contributed by atoms with van der Waals surface area (Å²) in [5, 5.41) is 11.0. The van der Waals surface area contributed by atoms with Crippen molar-refractivity contribution >= 4 is 33.7 Å². The van der Waals surface area contributed by atoms with Gasteiger partial charge in [-0.1, -0.05) is 0 Å². The summed E-state index contributed by atoms with van der Waals surface area (Å²) in [5.74, 6) is 2.36. The molecule has 148 valence electrons. The summed E-state index contributed by atoms with van der Waals surface area (Å²) in [4.78, 5) is 11.6. The fourth-order valence-corrected chi connectivity index (χ4v) is 5.19. The predicted octanol–water partition coefficient (Wildman–Crippen LogP) is 1.82. The zero-order chi connectivity index (χ0) is 20.2. The van der Waals surface area contributed by atoms with Crippen LogP contribution in [0, 0.1) is 12.8 Å². The fourth-order valence-electron chi connectivity index (χ4n) is 3.99. The van der Waals surface area contributed by atoms with Crippen molar-refractivity contribution in [3.63, 3.8) is 0 Å². The summed E-state index contributed by atoms with van der Waals surface area (Å²) in [6, 6.07) is 5.00. The minimum absolute atomic E-state index is 0.122. The number of nitrogens with one attached hydrogen (secondary N) is 2. The molecule has 0 aromatic carbocycles. The van der Waals surface area contributed by atoms with Gasteiger partial charge >= 0.3 is 7.12 Å². The Hall–Kier alpha value is -2.69. The minimum atomic E-state index is -3.61. The lowest BCUT2D eigenvalue weighted by molar-refractivity contribution is 0.308. The number of sulfonamides is 1. The number of hydrogen-bond donors (Lipinski definition) is 3. The SMILES string of the molecule is Cc1ccc(S(=O)(=O)NC2CC(C3=CB(O)Oc4cnc5[nH]ccc5c43)C2)cn1. The van der Waals surface area contributed by atoms with Gasteiger partial charge in [-0.2, -0.15) is 0 Å². The van der Waals surface area contributed by atoms with Crippen LogP contribution in [0.5, 0.6) is 5.75 Å². The molecular weight excluding hydrogens is 391 g/mol. The number of aromatic amines is 1. The number of nitrogens with zero attached hydrogens (tertiary/aromatic N) is 2. The van der Waals surface area contributed by atoms with Gasteiger partial charge in [0.05, 0.1) is 6.20 Å². The summed E-state index contributed by atoms with van der Waals surface area (Å²) in [5.41, 5.74) is 3.40. The van der Waals surface area contributed by atoms with Gasteiger partial charge in [-0.25, -0.2) is 18.1 Å². The quantitative estimate of drug-likeness (QED) is 0.565. The van der Waals surface area contributed by atoms with Crippen LogP contribution >= 0.6 is 0 Å². The number of H-pyrrole nitrogens is 1. The molecule has 1 aliphatic heterocycles. The molecule has 2 aliphatic rings. The number of hydrogen-bond acceptors (Lipinski definition) is 6. The maximum absolute atomic E-state index is 12.6. The standard InChI is InChI=1S/C19H19BN4O4S/c1-11-2-3-14(9-22-11)29(26,27)24-13-6-12(7-13)16-8-20(25)28-17-10-23-19-15(18(16)17)4-5-21-19/h2-5,8-10,12-13,24-25H,6-7H2,1H3,(H,21,23). The fraction of sp³-hybridized carbons (Fsp3) is 0.263. The lowest BCUT2D eigenvalue weighted by atomic mass is 9.68. The molecule has 0 spiro atoms. The average molecular weight is 410 g/mol. The first-order chi connectivity index (χ1) is 13.9. The second kappa shape index (κ2) is 6.69. The van der Waals surface area contributed by atoms with Crippen molar-refractivity contribution in [3.05, 3.63) is 54.0 Å². The van der Waals surface area contributed by atoms with Gasteiger partial charge in [0, 0.05) is 35.1 Å². The minimum Gasteiger partial charge on any atom is -0.531 e. The van der Waals surface area contributed by atoms with E-state index >= 15 is 0 Å². The van der Waals surface area contributed by atoms with E-state index in [0.717, 1.165) is 27.9 Å². The molecule has 3 N–H and O–H groups in total. The van der Waals surface area contributed by atoms with Gasteiger partial charge in [-0.15, -0.1) is 0 Å². The third kappa shape index (κ3) is 3.23. The number of pyridine rings is 2. The normalized spacial score (nSPS) is 21.3. The molecule has 0 saturated heterocycles. The van der Waals surface area contributed by atoms with Gasteiger partial charge in [0.25, 0.3) is 0 Å². The Morgan fingerprint density at radius 1 is 1.24 bits per heavy atom. The molecule has 3 aromatic heterocycles. The van der Waals surface area contributed by atoms with E-state index in [1.54, 1.807) is 24.3 Å². The highest BCUT2D eigenvalue weighted by molar-refractivity contribution is 7.89. The molecule has 0 atom stereocenters. The molecule has 0 unspecified atom stereocenters. The van der Waals surface area contributed by atoms with Crippen LogP contribution in [0.15, 0.2) is 47.7 Å². The Morgan fingerprint density at radius 3 is 2.83 bits per heavy atom. The van der Waals surface area contributed by atoms with Gasteiger partial charge < -0.3 is 14.7 Å². The van der Waals surface area contributed by atoms with E-state index in [4.69, 9.17) is 4.65 Å². The molecule has 0 radical (unpaired) electrons. The molecule has 1 saturated carbocycles. The van der Waals surface area contributed by atoms with Gasteiger partial charge in [0.1, 0.15) is 16.3 Å². The zero-order valence-electron chi connectivity index (χ0n) is 15.7. The van der Waals surface area contributed by atoms with E-state index in [1.807, 2.05) is 19.2 Å². The molecule has 1 fully saturated rings. The summed E-state index contributed by atoms with van der Waals surface area (Å²) in [6.45, 7) is 1.81. The Kier molecular flexibility index (Phi) is 4.23. The third-order valence-electron chi connectivity index (χ3n) is 5.50. The molecule has 29 heavy (non-hydrogen) atoms. The number of fused-ring (bicyclic) bond motifs is 3. The van der Waals surface area contributed by atoms with Crippen LogP contribution < -0.4 is 9.38 Å². The van der Waals surface area contributed by atoms with Gasteiger partial charge in [0.2, 0.25) is 10.0 Å². The van der Waals surface area contributed by atoms with Crippen molar-refractivity contribution in [3.8, 4) is 5.75 Å². The average Bonchev–Trinajstić information content (AvgIpc) is 3.12. The van der Waals surface area contributed by atoms with Crippen LogP contribution in [-0.4, -0.2) is 41.6 Å². The molecule has 0 bridgehead atoms. The van der Waals surface area contributed by atoms with Crippen molar-refractivity contribution in [1.29, 1.82) is 0 Å². The van der Waals surface area contributed by atoms with Crippen molar-refractivity contribution < 1.29 is 18.1 Å². The first-order valence-corrected chi connectivity index (χ1v) is 10.9.